The molecule has 1 atom stereocenters. The van der Waals surface area contributed by atoms with Crippen molar-refractivity contribution < 1.29 is 14.3 Å². The fourth-order valence-corrected chi connectivity index (χ4v) is 2.70. The van der Waals surface area contributed by atoms with E-state index in [1.54, 1.807) is 6.20 Å². The van der Waals surface area contributed by atoms with Crippen molar-refractivity contribution in [3.63, 3.8) is 0 Å². The van der Waals surface area contributed by atoms with Crippen molar-refractivity contribution in [3.8, 4) is 0 Å². The fourth-order valence-electron chi connectivity index (χ4n) is 1.93. The number of carbonyl (C=O) groups is 2. The van der Waals surface area contributed by atoms with Crippen LogP contribution in [0.15, 0.2) is 24.4 Å². The van der Waals surface area contributed by atoms with E-state index in [-0.39, 0.29) is 18.0 Å². The van der Waals surface area contributed by atoms with Crippen LogP contribution in [0.4, 0.5) is 9.93 Å². The zero-order valence-corrected chi connectivity index (χ0v) is 14.3. The third kappa shape index (κ3) is 5.58. The van der Waals surface area contributed by atoms with Crippen molar-refractivity contribution in [3.05, 3.63) is 35.1 Å². The van der Waals surface area contributed by atoms with Gasteiger partial charge in [-0.2, -0.15) is 0 Å². The van der Waals surface area contributed by atoms with Crippen LogP contribution in [0, 0.1) is 0 Å². The number of carbonyl (C=O) groups excluding carboxylic acids is 2. The van der Waals surface area contributed by atoms with E-state index in [0.717, 1.165) is 10.7 Å². The molecule has 1 unspecified atom stereocenters. The van der Waals surface area contributed by atoms with Gasteiger partial charge in [0.2, 0.25) is 5.13 Å². The number of rotatable bonds is 7. The third-order valence-corrected chi connectivity index (χ3v) is 4.06. The van der Waals surface area contributed by atoms with Gasteiger partial charge >= 0.3 is 12.0 Å². The lowest BCUT2D eigenvalue weighted by Gasteiger charge is -2.12. The van der Waals surface area contributed by atoms with Crippen LogP contribution in [0.1, 0.15) is 36.5 Å². The summed E-state index contributed by atoms with van der Waals surface area (Å²) in [6, 6.07) is 4.93. The molecule has 24 heavy (non-hydrogen) atoms. The highest BCUT2D eigenvalue weighted by Crippen LogP contribution is 2.17. The Morgan fingerprint density at radius 2 is 2.17 bits per heavy atom. The van der Waals surface area contributed by atoms with E-state index in [9.17, 15) is 9.59 Å². The fraction of sp³-hybridized carbons (Fsp3) is 0.400. The number of ether oxygens (including phenoxy) is 1. The van der Waals surface area contributed by atoms with E-state index in [0.29, 0.717) is 24.4 Å². The number of hydrogen-bond acceptors (Lipinski definition) is 7. The van der Waals surface area contributed by atoms with E-state index >= 15 is 0 Å². The molecule has 2 heterocycles. The standard InChI is InChI=1S/C15H19N5O3S/c1-10(11-6-3-4-9-16-11)17-14(22)18-15-20-19-12(24-15)7-5-8-13(21)23-2/h3-4,6,9-10H,5,7-8H2,1-2H3,(H2,17,18,20,22). The number of methoxy groups -OCH3 is 1. The lowest BCUT2D eigenvalue weighted by atomic mass is 10.2. The normalized spacial score (nSPS) is 11.6. The average Bonchev–Trinajstić information content (AvgIpc) is 3.02. The Balaban J connectivity index is 1.79. The van der Waals surface area contributed by atoms with Gasteiger partial charge < -0.3 is 10.1 Å². The van der Waals surface area contributed by atoms with Gasteiger partial charge in [-0.1, -0.05) is 17.4 Å². The summed E-state index contributed by atoms with van der Waals surface area (Å²) in [5.41, 5.74) is 0.772. The molecule has 0 spiro atoms. The number of amides is 2. The Morgan fingerprint density at radius 3 is 2.88 bits per heavy atom. The number of anilines is 1. The molecule has 8 nitrogen and oxygen atoms in total. The van der Waals surface area contributed by atoms with Gasteiger partial charge in [-0.15, -0.1) is 10.2 Å². The molecule has 0 aliphatic carbocycles. The molecule has 2 aromatic rings. The van der Waals surface area contributed by atoms with E-state index in [1.165, 1.54) is 18.4 Å². The first-order chi connectivity index (χ1) is 11.6. The maximum Gasteiger partial charge on any atom is 0.321 e. The molecule has 0 fully saturated rings. The van der Waals surface area contributed by atoms with Crippen LogP contribution in [-0.2, 0) is 16.0 Å². The summed E-state index contributed by atoms with van der Waals surface area (Å²) in [7, 11) is 1.36. The summed E-state index contributed by atoms with van der Waals surface area (Å²) in [4.78, 5) is 27.2. The van der Waals surface area contributed by atoms with Crippen molar-refractivity contribution in [2.24, 2.45) is 0 Å². The van der Waals surface area contributed by atoms with Gasteiger partial charge in [-0.05, 0) is 25.5 Å². The Morgan fingerprint density at radius 1 is 1.33 bits per heavy atom. The molecule has 9 heteroatoms. The van der Waals surface area contributed by atoms with Gasteiger partial charge in [0.15, 0.2) is 0 Å². The number of urea groups is 1. The molecule has 2 amide bonds. The molecule has 2 aromatic heterocycles. The number of nitrogens with one attached hydrogen (secondary N) is 2. The average molecular weight is 349 g/mol. The molecule has 128 valence electrons. The number of esters is 1. The van der Waals surface area contributed by atoms with Crippen LogP contribution in [-0.4, -0.2) is 34.3 Å². The maximum absolute atomic E-state index is 12.0. The van der Waals surface area contributed by atoms with Crippen LogP contribution in [0.5, 0.6) is 0 Å². The van der Waals surface area contributed by atoms with Gasteiger partial charge in [-0.25, -0.2) is 4.79 Å². The summed E-state index contributed by atoms with van der Waals surface area (Å²) in [6.07, 6.45) is 3.25. The van der Waals surface area contributed by atoms with Crippen LogP contribution < -0.4 is 10.6 Å². The molecular formula is C15H19N5O3S. The van der Waals surface area contributed by atoms with Gasteiger partial charge in [0.25, 0.3) is 0 Å². The third-order valence-electron chi connectivity index (χ3n) is 3.17. The Kier molecular flexibility index (Phi) is 6.62. The van der Waals surface area contributed by atoms with Crippen LogP contribution in [0.25, 0.3) is 0 Å². The largest absolute Gasteiger partial charge is 0.469 e. The van der Waals surface area contributed by atoms with Crippen molar-refractivity contribution >= 4 is 28.5 Å². The highest BCUT2D eigenvalue weighted by molar-refractivity contribution is 7.15. The predicted octanol–water partition coefficient (Wildman–Crippen LogP) is 2.31. The molecule has 0 aliphatic heterocycles. The van der Waals surface area contributed by atoms with Crippen LogP contribution in [0.2, 0.25) is 0 Å². The monoisotopic (exact) mass is 349 g/mol. The zero-order valence-electron chi connectivity index (χ0n) is 13.5. The zero-order chi connectivity index (χ0) is 17.4. The van der Waals surface area contributed by atoms with Crippen molar-refractivity contribution in [2.45, 2.75) is 32.2 Å². The lowest BCUT2D eigenvalue weighted by Crippen LogP contribution is -2.31. The maximum atomic E-state index is 12.0. The Hall–Kier alpha value is -2.55. The van der Waals surface area contributed by atoms with Crippen molar-refractivity contribution in [2.75, 3.05) is 12.4 Å². The van der Waals surface area contributed by atoms with Gasteiger partial charge in [-0.3, -0.25) is 15.1 Å². The van der Waals surface area contributed by atoms with Crippen molar-refractivity contribution in [1.82, 2.24) is 20.5 Å². The predicted molar refractivity (Wildman–Crippen MR) is 89.7 cm³/mol. The van der Waals surface area contributed by atoms with E-state index in [2.05, 4.69) is 30.6 Å². The van der Waals surface area contributed by atoms with Gasteiger partial charge in [0.05, 0.1) is 18.8 Å². The molecule has 2 rings (SSSR count). The first-order valence-corrected chi connectivity index (χ1v) is 8.27. The number of aryl methyl sites for hydroxylation is 1. The first-order valence-electron chi connectivity index (χ1n) is 7.46. The van der Waals surface area contributed by atoms with Gasteiger partial charge in [0.1, 0.15) is 5.01 Å². The highest BCUT2D eigenvalue weighted by Gasteiger charge is 2.13. The Labute approximate surface area is 143 Å². The van der Waals surface area contributed by atoms with E-state index < -0.39 is 0 Å². The molecule has 2 N–H and O–H groups in total. The second-order valence-electron chi connectivity index (χ2n) is 5.01. The molecule has 0 saturated carbocycles. The highest BCUT2D eigenvalue weighted by atomic mass is 32.1. The van der Waals surface area contributed by atoms with E-state index in [1.807, 2.05) is 25.1 Å². The summed E-state index contributed by atoms with van der Waals surface area (Å²) in [5, 5.41) is 14.5. The summed E-state index contributed by atoms with van der Waals surface area (Å²) >= 11 is 1.28. The van der Waals surface area contributed by atoms with Crippen LogP contribution in [0.3, 0.4) is 0 Å². The molecule has 0 bridgehead atoms. The number of nitrogens with zero attached hydrogens (tertiary/aromatic N) is 3. The SMILES string of the molecule is COC(=O)CCCc1nnc(NC(=O)NC(C)c2ccccn2)s1. The second-order valence-corrected chi connectivity index (χ2v) is 6.07. The molecule has 0 aromatic carbocycles. The number of aromatic nitrogens is 3. The summed E-state index contributed by atoms with van der Waals surface area (Å²) < 4.78 is 4.58. The Bertz CT molecular complexity index is 677. The van der Waals surface area contributed by atoms with Crippen molar-refractivity contribution in [1.29, 1.82) is 0 Å². The quantitative estimate of drug-likeness (QED) is 0.743. The molecule has 0 saturated heterocycles. The molecule has 0 aliphatic rings. The first kappa shape index (κ1) is 17.8. The minimum atomic E-state index is -0.370. The molecule has 0 radical (unpaired) electrons. The second kappa shape index (κ2) is 8.92. The summed E-state index contributed by atoms with van der Waals surface area (Å²) in [6.45, 7) is 1.85. The minimum absolute atomic E-state index is 0.223. The molecular weight excluding hydrogens is 330 g/mol. The summed E-state index contributed by atoms with van der Waals surface area (Å²) in [5.74, 6) is -0.249. The number of pyridine rings is 1. The van der Waals surface area contributed by atoms with Crippen LogP contribution >= 0.6 is 11.3 Å². The lowest BCUT2D eigenvalue weighted by molar-refractivity contribution is -0.140. The topological polar surface area (TPSA) is 106 Å². The smallest absolute Gasteiger partial charge is 0.321 e. The minimum Gasteiger partial charge on any atom is -0.469 e. The van der Waals surface area contributed by atoms with E-state index in [4.69, 9.17) is 0 Å². The van der Waals surface area contributed by atoms with Gasteiger partial charge in [0, 0.05) is 19.0 Å². The number of hydrogen-bond donors (Lipinski definition) is 2.